The van der Waals surface area contributed by atoms with E-state index in [1.165, 1.54) is 31.8 Å². The Morgan fingerprint density at radius 1 is 1.15 bits per heavy atom. The van der Waals surface area contributed by atoms with Crippen LogP contribution in [0.25, 0.3) is 0 Å². The summed E-state index contributed by atoms with van der Waals surface area (Å²) in [6, 6.07) is 0. The first-order valence-electron chi connectivity index (χ1n) is 4.56. The van der Waals surface area contributed by atoms with Crippen molar-refractivity contribution in [2.45, 2.75) is 25.7 Å². The van der Waals surface area contributed by atoms with E-state index >= 15 is 0 Å². The van der Waals surface area contributed by atoms with Gasteiger partial charge in [0.1, 0.15) is 0 Å². The molecule has 0 aromatic heterocycles. The topological polar surface area (TPSA) is 0 Å². The first-order valence-corrected chi connectivity index (χ1v) is 4.93. The van der Waals surface area contributed by atoms with Crippen LogP contribution in [0.5, 0.6) is 0 Å². The molecule has 1 aliphatic carbocycles. The number of hydrogen-bond donors (Lipinski definition) is 0. The Labute approximate surface area is 86.3 Å². The van der Waals surface area contributed by atoms with Crippen molar-refractivity contribution in [1.29, 1.82) is 0 Å². The van der Waals surface area contributed by atoms with Crippen molar-refractivity contribution in [2.75, 3.05) is 0 Å². The molecule has 0 bridgehead atoms. The smallest absolute Gasteiger partial charge is 0.0328 e. The van der Waals surface area contributed by atoms with Gasteiger partial charge in [-0.1, -0.05) is 55.1 Å². The number of halogens is 1. The lowest BCUT2D eigenvalue weighted by Gasteiger charge is -1.94. The van der Waals surface area contributed by atoms with Gasteiger partial charge in [-0.25, -0.2) is 0 Å². The zero-order valence-corrected chi connectivity index (χ0v) is 8.76. The van der Waals surface area contributed by atoms with Crippen molar-refractivity contribution in [3.63, 3.8) is 0 Å². The van der Waals surface area contributed by atoms with Gasteiger partial charge in [0.15, 0.2) is 0 Å². The van der Waals surface area contributed by atoms with Gasteiger partial charge in [-0.05, 0) is 25.7 Å². The van der Waals surface area contributed by atoms with E-state index in [1.54, 1.807) is 0 Å². The first kappa shape index (κ1) is 12.2. The summed E-state index contributed by atoms with van der Waals surface area (Å²) in [5.41, 5.74) is 0. The van der Waals surface area contributed by atoms with E-state index in [-0.39, 0.29) is 0 Å². The van der Waals surface area contributed by atoms with Crippen LogP contribution >= 0.6 is 11.6 Å². The Hall–Kier alpha value is -0.750. The highest BCUT2D eigenvalue weighted by molar-refractivity contribution is 6.30. The molecule has 1 heteroatoms. The van der Waals surface area contributed by atoms with Crippen LogP contribution in [0, 0.1) is 0 Å². The predicted molar refractivity (Wildman–Crippen MR) is 61.9 cm³/mol. The van der Waals surface area contributed by atoms with Gasteiger partial charge < -0.3 is 0 Å². The van der Waals surface area contributed by atoms with Gasteiger partial charge in [-0.2, -0.15) is 0 Å². The SMILES string of the molecule is C1=CCCCCC=C1.C=CC(=C)Cl. The monoisotopic (exact) mass is 196 g/mol. The van der Waals surface area contributed by atoms with Crippen molar-refractivity contribution < 1.29 is 0 Å². The summed E-state index contributed by atoms with van der Waals surface area (Å²) < 4.78 is 0. The molecule has 0 atom stereocenters. The van der Waals surface area contributed by atoms with Crippen molar-refractivity contribution in [1.82, 2.24) is 0 Å². The van der Waals surface area contributed by atoms with Crippen LogP contribution in [0.4, 0.5) is 0 Å². The van der Waals surface area contributed by atoms with Crippen LogP contribution in [0.2, 0.25) is 0 Å². The standard InChI is InChI=1S/C8H12.C4H5Cl/c1-2-4-6-8-7-5-3-1;1-3-4(2)5/h1-4H,5-8H2;3H,1-2H2. The second-order valence-corrected chi connectivity index (χ2v) is 3.28. The van der Waals surface area contributed by atoms with E-state index in [4.69, 9.17) is 11.6 Å². The first-order chi connectivity index (χ1) is 6.27. The Balaban J connectivity index is 0.000000252. The molecule has 0 saturated carbocycles. The van der Waals surface area contributed by atoms with E-state index in [0.717, 1.165) is 0 Å². The van der Waals surface area contributed by atoms with Gasteiger partial charge in [0, 0.05) is 5.03 Å². The predicted octanol–water partition coefficient (Wildman–Crippen LogP) is 4.60. The highest BCUT2D eigenvalue weighted by atomic mass is 35.5. The molecule has 0 unspecified atom stereocenters. The van der Waals surface area contributed by atoms with Gasteiger partial charge >= 0.3 is 0 Å². The van der Waals surface area contributed by atoms with Crippen molar-refractivity contribution in [3.8, 4) is 0 Å². The normalized spacial score (nSPS) is 14.8. The molecule has 0 saturated heterocycles. The third kappa shape index (κ3) is 11.2. The summed E-state index contributed by atoms with van der Waals surface area (Å²) in [6.45, 7) is 6.65. The molecule has 0 aromatic rings. The van der Waals surface area contributed by atoms with Crippen LogP contribution in [0.3, 0.4) is 0 Å². The molecule has 0 N–H and O–H groups in total. The lowest BCUT2D eigenvalue weighted by Crippen LogP contribution is -1.74. The van der Waals surface area contributed by atoms with Gasteiger partial charge in [-0.3, -0.25) is 0 Å². The molecule has 1 aliphatic rings. The molecule has 72 valence electrons. The summed E-state index contributed by atoms with van der Waals surface area (Å²) in [4.78, 5) is 0. The second-order valence-electron chi connectivity index (χ2n) is 2.79. The minimum atomic E-state index is 0.491. The Bertz CT molecular complexity index is 185. The number of rotatable bonds is 1. The van der Waals surface area contributed by atoms with Crippen LogP contribution in [-0.2, 0) is 0 Å². The summed E-state index contributed by atoms with van der Waals surface area (Å²) in [7, 11) is 0. The molecule has 0 aromatic carbocycles. The maximum atomic E-state index is 5.15. The fourth-order valence-corrected chi connectivity index (χ4v) is 0.874. The lowest BCUT2D eigenvalue weighted by molar-refractivity contribution is 0.758. The van der Waals surface area contributed by atoms with Gasteiger partial charge in [0.05, 0.1) is 0 Å². The van der Waals surface area contributed by atoms with E-state index in [2.05, 4.69) is 37.5 Å². The molecule has 0 nitrogen and oxygen atoms in total. The Kier molecular flexibility index (Phi) is 8.80. The lowest BCUT2D eigenvalue weighted by atomic mass is 10.1. The van der Waals surface area contributed by atoms with E-state index in [9.17, 15) is 0 Å². The molecule has 0 spiro atoms. The van der Waals surface area contributed by atoms with Gasteiger partial charge in [0.2, 0.25) is 0 Å². The fourth-order valence-electron chi connectivity index (χ4n) is 0.874. The van der Waals surface area contributed by atoms with E-state index in [0.29, 0.717) is 5.03 Å². The zero-order chi connectivity index (χ0) is 9.94. The summed E-state index contributed by atoms with van der Waals surface area (Å²) in [5.74, 6) is 0. The fraction of sp³-hybridized carbons (Fsp3) is 0.333. The number of allylic oxidation sites excluding steroid dienone is 6. The summed E-state index contributed by atoms with van der Waals surface area (Å²) >= 11 is 5.15. The molecular formula is C12H17Cl. The van der Waals surface area contributed by atoms with Crippen molar-refractivity contribution >= 4 is 11.6 Å². The van der Waals surface area contributed by atoms with Gasteiger partial charge in [-0.15, -0.1) is 0 Å². The molecule has 13 heavy (non-hydrogen) atoms. The minimum Gasteiger partial charge on any atom is -0.0976 e. The molecule has 0 heterocycles. The summed E-state index contributed by atoms with van der Waals surface area (Å²) in [5, 5.41) is 0.491. The molecule has 0 amide bonds. The molecule has 1 rings (SSSR count). The third-order valence-corrected chi connectivity index (χ3v) is 1.75. The summed E-state index contributed by atoms with van der Waals surface area (Å²) in [6.07, 6.45) is 15.5. The van der Waals surface area contributed by atoms with Gasteiger partial charge in [0.25, 0.3) is 0 Å². The van der Waals surface area contributed by atoms with Crippen LogP contribution < -0.4 is 0 Å². The highest BCUT2D eigenvalue weighted by Gasteiger charge is 1.84. The van der Waals surface area contributed by atoms with E-state index in [1.807, 2.05) is 0 Å². The maximum absolute atomic E-state index is 5.15. The van der Waals surface area contributed by atoms with Crippen LogP contribution in [0.15, 0.2) is 48.6 Å². The van der Waals surface area contributed by atoms with Crippen molar-refractivity contribution in [3.05, 3.63) is 48.6 Å². The Morgan fingerprint density at radius 3 is 1.85 bits per heavy atom. The van der Waals surface area contributed by atoms with Crippen LogP contribution in [0.1, 0.15) is 25.7 Å². The second kappa shape index (κ2) is 9.34. The highest BCUT2D eigenvalue weighted by Crippen LogP contribution is 2.04. The average Bonchev–Trinajstić information content (AvgIpc) is 2.04. The molecule has 0 fully saturated rings. The Morgan fingerprint density at radius 2 is 1.54 bits per heavy atom. The third-order valence-electron chi connectivity index (χ3n) is 1.60. The van der Waals surface area contributed by atoms with E-state index < -0.39 is 0 Å². The van der Waals surface area contributed by atoms with Crippen molar-refractivity contribution in [2.24, 2.45) is 0 Å². The van der Waals surface area contributed by atoms with Crippen LogP contribution in [-0.4, -0.2) is 0 Å². The molecular weight excluding hydrogens is 180 g/mol. The molecule has 0 radical (unpaired) electrons. The number of hydrogen-bond acceptors (Lipinski definition) is 0. The average molecular weight is 197 g/mol. The quantitative estimate of drug-likeness (QED) is 0.538. The molecule has 0 aliphatic heterocycles. The maximum Gasteiger partial charge on any atom is 0.0328 e. The largest absolute Gasteiger partial charge is 0.0976 e. The minimum absolute atomic E-state index is 0.491. The zero-order valence-electron chi connectivity index (χ0n) is 8.01.